The normalized spacial score (nSPS) is 20.1. The highest BCUT2D eigenvalue weighted by Gasteiger charge is 2.40. The number of nitrogens with zero attached hydrogens (tertiary/aromatic N) is 3. The molecule has 120 valence electrons. The summed E-state index contributed by atoms with van der Waals surface area (Å²) in [5.74, 6) is 0.0819. The molecule has 3 heterocycles. The fourth-order valence-electron chi connectivity index (χ4n) is 3.11. The topological polar surface area (TPSA) is 47.5 Å². The number of ether oxygens (including phenoxy) is 2. The van der Waals surface area contributed by atoms with Gasteiger partial charge in [-0.3, -0.25) is 0 Å². The molecule has 0 unspecified atom stereocenters. The van der Waals surface area contributed by atoms with Crippen LogP contribution in [0.25, 0.3) is 11.1 Å². The van der Waals surface area contributed by atoms with E-state index in [1.165, 1.54) is 12.1 Å². The summed E-state index contributed by atoms with van der Waals surface area (Å²) < 4.78 is 24.4. The fraction of sp³-hybridized carbons (Fsp3) is 0.412. The molecule has 0 N–H and O–H groups in total. The van der Waals surface area contributed by atoms with Gasteiger partial charge < -0.3 is 14.4 Å². The Morgan fingerprint density at radius 2 is 1.52 bits per heavy atom. The van der Waals surface area contributed by atoms with Gasteiger partial charge in [0.05, 0.1) is 13.2 Å². The Hall–Kier alpha value is -2.05. The molecule has 2 saturated heterocycles. The first-order valence-electron chi connectivity index (χ1n) is 7.85. The van der Waals surface area contributed by atoms with Gasteiger partial charge in [0.15, 0.2) is 5.79 Å². The first-order valence-corrected chi connectivity index (χ1v) is 7.85. The van der Waals surface area contributed by atoms with Crippen molar-refractivity contribution in [1.29, 1.82) is 0 Å². The van der Waals surface area contributed by atoms with E-state index in [2.05, 4.69) is 14.9 Å². The van der Waals surface area contributed by atoms with Gasteiger partial charge in [-0.25, -0.2) is 14.4 Å². The third kappa shape index (κ3) is 2.92. The summed E-state index contributed by atoms with van der Waals surface area (Å²) in [5, 5.41) is 0. The zero-order chi connectivity index (χ0) is 15.7. The minimum atomic E-state index is -0.384. The van der Waals surface area contributed by atoms with Crippen molar-refractivity contribution in [2.75, 3.05) is 31.2 Å². The van der Waals surface area contributed by atoms with Gasteiger partial charge >= 0.3 is 0 Å². The molecular formula is C17H18FN3O2. The molecular weight excluding hydrogens is 297 g/mol. The number of hydrogen-bond donors (Lipinski definition) is 0. The van der Waals surface area contributed by atoms with Gasteiger partial charge in [0.2, 0.25) is 5.95 Å². The van der Waals surface area contributed by atoms with Gasteiger partial charge in [0, 0.05) is 43.9 Å². The van der Waals surface area contributed by atoms with Crippen molar-refractivity contribution in [3.63, 3.8) is 0 Å². The molecule has 1 aromatic carbocycles. The summed E-state index contributed by atoms with van der Waals surface area (Å²) in [6, 6.07) is 6.34. The van der Waals surface area contributed by atoms with Crippen LogP contribution >= 0.6 is 0 Å². The van der Waals surface area contributed by atoms with Crippen LogP contribution in [0.2, 0.25) is 0 Å². The Kier molecular flexibility index (Phi) is 3.71. The maximum atomic E-state index is 13.0. The summed E-state index contributed by atoms with van der Waals surface area (Å²) in [7, 11) is 0. The molecule has 0 aliphatic carbocycles. The fourth-order valence-corrected chi connectivity index (χ4v) is 3.11. The van der Waals surface area contributed by atoms with Crippen LogP contribution in [-0.4, -0.2) is 42.1 Å². The van der Waals surface area contributed by atoms with Crippen LogP contribution in [0.4, 0.5) is 10.3 Å². The summed E-state index contributed by atoms with van der Waals surface area (Å²) in [4.78, 5) is 11.1. The van der Waals surface area contributed by atoms with Crippen molar-refractivity contribution in [3.8, 4) is 11.1 Å². The lowest BCUT2D eigenvalue weighted by atomic mass is 10.0. The lowest BCUT2D eigenvalue weighted by Gasteiger charge is -2.37. The van der Waals surface area contributed by atoms with Crippen LogP contribution in [-0.2, 0) is 9.47 Å². The molecule has 2 aliphatic heterocycles. The molecule has 23 heavy (non-hydrogen) atoms. The molecule has 2 aliphatic rings. The number of anilines is 1. The maximum absolute atomic E-state index is 13.0. The molecule has 0 bridgehead atoms. The van der Waals surface area contributed by atoms with E-state index < -0.39 is 0 Å². The van der Waals surface area contributed by atoms with Crippen LogP contribution in [0.5, 0.6) is 0 Å². The van der Waals surface area contributed by atoms with Crippen molar-refractivity contribution in [1.82, 2.24) is 9.97 Å². The summed E-state index contributed by atoms with van der Waals surface area (Å²) in [5.41, 5.74) is 1.79. The van der Waals surface area contributed by atoms with Gasteiger partial charge in [-0.05, 0) is 17.7 Å². The van der Waals surface area contributed by atoms with Crippen LogP contribution in [0.3, 0.4) is 0 Å². The van der Waals surface area contributed by atoms with Crippen LogP contribution in [0, 0.1) is 5.82 Å². The molecule has 0 radical (unpaired) electrons. The van der Waals surface area contributed by atoms with Crippen LogP contribution < -0.4 is 4.90 Å². The minimum absolute atomic E-state index is 0.245. The molecule has 6 heteroatoms. The Morgan fingerprint density at radius 3 is 2.13 bits per heavy atom. The second-order valence-electron chi connectivity index (χ2n) is 5.87. The minimum Gasteiger partial charge on any atom is -0.347 e. The van der Waals surface area contributed by atoms with E-state index in [1.54, 1.807) is 24.5 Å². The lowest BCUT2D eigenvalue weighted by molar-refractivity contribution is -0.169. The van der Waals surface area contributed by atoms with E-state index in [0.717, 1.165) is 37.1 Å². The van der Waals surface area contributed by atoms with E-state index >= 15 is 0 Å². The number of aromatic nitrogens is 2. The van der Waals surface area contributed by atoms with Crippen LogP contribution in [0.1, 0.15) is 12.8 Å². The quantitative estimate of drug-likeness (QED) is 0.852. The van der Waals surface area contributed by atoms with Gasteiger partial charge in [0.1, 0.15) is 5.82 Å². The van der Waals surface area contributed by atoms with E-state index in [-0.39, 0.29) is 11.6 Å². The smallest absolute Gasteiger partial charge is 0.225 e. The average Bonchev–Trinajstić information content (AvgIpc) is 3.05. The number of benzene rings is 1. The van der Waals surface area contributed by atoms with Crippen LogP contribution in [0.15, 0.2) is 36.7 Å². The third-order valence-corrected chi connectivity index (χ3v) is 4.44. The number of rotatable bonds is 2. The lowest BCUT2D eigenvalue weighted by Crippen LogP contribution is -2.45. The van der Waals surface area contributed by atoms with Crippen molar-refractivity contribution < 1.29 is 13.9 Å². The molecule has 1 aromatic heterocycles. The van der Waals surface area contributed by atoms with Crippen molar-refractivity contribution in [3.05, 3.63) is 42.5 Å². The monoisotopic (exact) mass is 315 g/mol. The predicted molar refractivity (Wildman–Crippen MR) is 83.5 cm³/mol. The molecule has 2 aromatic rings. The molecule has 2 fully saturated rings. The zero-order valence-corrected chi connectivity index (χ0v) is 12.7. The highest BCUT2D eigenvalue weighted by Crippen LogP contribution is 2.32. The molecule has 1 spiro atoms. The summed E-state index contributed by atoms with van der Waals surface area (Å²) >= 11 is 0. The zero-order valence-electron chi connectivity index (χ0n) is 12.7. The standard InChI is InChI=1S/C17H18FN3O2/c18-15-3-1-13(2-4-15)14-11-19-16(20-12-14)21-7-5-17(6-8-21)22-9-10-23-17/h1-4,11-12H,5-10H2. The maximum Gasteiger partial charge on any atom is 0.225 e. The van der Waals surface area contributed by atoms with E-state index in [0.29, 0.717) is 19.2 Å². The first kappa shape index (κ1) is 14.5. The largest absolute Gasteiger partial charge is 0.347 e. The van der Waals surface area contributed by atoms with Crippen molar-refractivity contribution >= 4 is 5.95 Å². The van der Waals surface area contributed by atoms with E-state index in [4.69, 9.17) is 9.47 Å². The molecule has 0 atom stereocenters. The summed E-state index contributed by atoms with van der Waals surface area (Å²) in [6.07, 6.45) is 5.22. The van der Waals surface area contributed by atoms with Gasteiger partial charge in [-0.1, -0.05) is 12.1 Å². The Morgan fingerprint density at radius 1 is 0.913 bits per heavy atom. The summed E-state index contributed by atoms with van der Waals surface area (Å²) in [6.45, 7) is 3.00. The van der Waals surface area contributed by atoms with Gasteiger partial charge in [-0.2, -0.15) is 0 Å². The number of halogens is 1. The SMILES string of the molecule is Fc1ccc(-c2cnc(N3CCC4(CC3)OCCO4)nc2)cc1. The highest BCUT2D eigenvalue weighted by atomic mass is 19.1. The Balaban J connectivity index is 1.45. The molecule has 4 rings (SSSR count). The highest BCUT2D eigenvalue weighted by molar-refractivity contribution is 5.61. The Labute approximate surface area is 134 Å². The number of piperidine rings is 1. The number of hydrogen-bond acceptors (Lipinski definition) is 5. The van der Waals surface area contributed by atoms with Gasteiger partial charge in [-0.15, -0.1) is 0 Å². The second kappa shape index (κ2) is 5.86. The van der Waals surface area contributed by atoms with Crippen molar-refractivity contribution in [2.45, 2.75) is 18.6 Å². The Bertz CT molecular complexity index is 659. The molecule has 0 saturated carbocycles. The van der Waals surface area contributed by atoms with Crippen molar-refractivity contribution in [2.24, 2.45) is 0 Å². The first-order chi connectivity index (χ1) is 11.2. The van der Waals surface area contributed by atoms with E-state index in [1.807, 2.05) is 0 Å². The third-order valence-electron chi connectivity index (χ3n) is 4.44. The predicted octanol–water partition coefficient (Wildman–Crippen LogP) is 2.63. The average molecular weight is 315 g/mol. The van der Waals surface area contributed by atoms with E-state index in [9.17, 15) is 4.39 Å². The second-order valence-corrected chi connectivity index (χ2v) is 5.87. The van der Waals surface area contributed by atoms with Gasteiger partial charge in [0.25, 0.3) is 0 Å². The molecule has 0 amide bonds. The molecule has 5 nitrogen and oxygen atoms in total.